The molecule has 0 aliphatic carbocycles. The average molecular weight is 396 g/mol. The number of alkyl halides is 3. The fourth-order valence-electron chi connectivity index (χ4n) is 2.29. The van der Waals surface area contributed by atoms with E-state index in [1.54, 1.807) is 0 Å². The number of carbonyl (C=O) groups is 1. The van der Waals surface area contributed by atoms with Gasteiger partial charge in [-0.05, 0) is 36.4 Å². The van der Waals surface area contributed by atoms with E-state index in [9.17, 15) is 22.4 Å². The second-order valence-electron chi connectivity index (χ2n) is 5.43. The lowest BCUT2D eigenvalue weighted by Crippen LogP contribution is -2.14. The molecular weight excluding hydrogens is 386 g/mol. The van der Waals surface area contributed by atoms with Gasteiger partial charge in [0.25, 0.3) is 5.91 Å². The fraction of sp³-hybridized carbons (Fsp3) is 0.0556. The van der Waals surface area contributed by atoms with Crippen LogP contribution < -0.4 is 5.32 Å². The van der Waals surface area contributed by atoms with E-state index in [-0.39, 0.29) is 22.0 Å². The third-order valence-corrected chi connectivity index (χ3v) is 3.96. The molecule has 0 atom stereocenters. The van der Waals surface area contributed by atoms with Crippen molar-refractivity contribution in [3.63, 3.8) is 0 Å². The number of hydrogen-bond donors (Lipinski definition) is 1. The van der Waals surface area contributed by atoms with Crippen molar-refractivity contribution >= 4 is 23.3 Å². The van der Waals surface area contributed by atoms with Crippen molar-refractivity contribution in [1.29, 1.82) is 0 Å². The highest BCUT2D eigenvalue weighted by Crippen LogP contribution is 2.35. The number of pyridine rings is 2. The molecule has 1 amide bonds. The quantitative estimate of drug-likeness (QED) is 0.619. The number of aromatic nitrogens is 2. The molecule has 0 aliphatic heterocycles. The average Bonchev–Trinajstić information content (AvgIpc) is 2.62. The molecule has 27 heavy (non-hydrogen) atoms. The molecule has 0 radical (unpaired) electrons. The minimum absolute atomic E-state index is 0.100. The van der Waals surface area contributed by atoms with Crippen molar-refractivity contribution in [2.75, 3.05) is 5.32 Å². The number of nitrogens with zero attached hydrogens (tertiary/aromatic N) is 2. The Labute approximate surface area is 155 Å². The smallest absolute Gasteiger partial charge is 0.306 e. The van der Waals surface area contributed by atoms with E-state index in [4.69, 9.17) is 11.6 Å². The first-order chi connectivity index (χ1) is 12.8. The van der Waals surface area contributed by atoms with Gasteiger partial charge in [0.1, 0.15) is 5.82 Å². The van der Waals surface area contributed by atoms with Gasteiger partial charge in [-0.1, -0.05) is 11.6 Å². The second-order valence-corrected chi connectivity index (χ2v) is 5.84. The van der Waals surface area contributed by atoms with E-state index >= 15 is 0 Å². The van der Waals surface area contributed by atoms with Crippen molar-refractivity contribution in [3.8, 4) is 11.1 Å². The zero-order chi connectivity index (χ0) is 19.6. The van der Waals surface area contributed by atoms with Crippen LogP contribution in [0.15, 0.2) is 55.0 Å². The Hall–Kier alpha value is -3.00. The minimum atomic E-state index is -4.50. The molecule has 0 aliphatic rings. The summed E-state index contributed by atoms with van der Waals surface area (Å²) < 4.78 is 52.2. The van der Waals surface area contributed by atoms with Gasteiger partial charge >= 0.3 is 6.18 Å². The van der Waals surface area contributed by atoms with Gasteiger partial charge in [0, 0.05) is 28.5 Å². The summed E-state index contributed by atoms with van der Waals surface area (Å²) in [5.74, 6) is -1.42. The Morgan fingerprint density at radius 2 is 1.85 bits per heavy atom. The van der Waals surface area contributed by atoms with E-state index < -0.39 is 23.5 Å². The first-order valence-corrected chi connectivity index (χ1v) is 7.87. The maximum Gasteiger partial charge on any atom is 0.416 e. The predicted molar refractivity (Wildman–Crippen MR) is 91.8 cm³/mol. The molecule has 4 nitrogen and oxygen atoms in total. The lowest BCUT2D eigenvalue weighted by Gasteiger charge is -2.11. The summed E-state index contributed by atoms with van der Waals surface area (Å²) in [7, 11) is 0. The van der Waals surface area contributed by atoms with Crippen LogP contribution in [0.5, 0.6) is 0 Å². The third-order valence-electron chi connectivity index (χ3n) is 3.63. The first-order valence-electron chi connectivity index (χ1n) is 7.50. The summed E-state index contributed by atoms with van der Waals surface area (Å²) in [5, 5.41) is 2.52. The molecule has 0 saturated heterocycles. The van der Waals surface area contributed by atoms with Crippen LogP contribution in [0.2, 0.25) is 5.02 Å². The zero-order valence-electron chi connectivity index (χ0n) is 13.4. The van der Waals surface area contributed by atoms with Crippen LogP contribution in [0, 0.1) is 5.82 Å². The molecule has 3 aromatic rings. The highest BCUT2D eigenvalue weighted by Gasteiger charge is 2.31. The Balaban J connectivity index is 1.84. The highest BCUT2D eigenvalue weighted by molar-refractivity contribution is 6.33. The van der Waals surface area contributed by atoms with Crippen LogP contribution >= 0.6 is 11.6 Å². The second kappa shape index (κ2) is 7.32. The first kappa shape index (κ1) is 18.8. The largest absolute Gasteiger partial charge is 0.416 e. The number of anilines is 1. The molecule has 0 saturated carbocycles. The van der Waals surface area contributed by atoms with Gasteiger partial charge in [-0.25, -0.2) is 9.37 Å². The number of halogens is 5. The molecular formula is C18H10ClF4N3O. The van der Waals surface area contributed by atoms with Gasteiger partial charge in [0.2, 0.25) is 0 Å². The van der Waals surface area contributed by atoms with Crippen molar-refractivity contribution in [2.45, 2.75) is 6.18 Å². The SMILES string of the molecule is O=C(Nc1ccc(-c2cc(C(F)(F)F)ccc2Cl)cn1)c1ccncc1F. The van der Waals surface area contributed by atoms with Crippen LogP contribution in [-0.4, -0.2) is 15.9 Å². The molecule has 9 heteroatoms. The summed E-state index contributed by atoms with van der Waals surface area (Å²) in [6.07, 6.45) is -1.07. The van der Waals surface area contributed by atoms with Gasteiger partial charge in [-0.2, -0.15) is 13.2 Å². The van der Waals surface area contributed by atoms with Crippen LogP contribution in [-0.2, 0) is 6.18 Å². The molecule has 1 N–H and O–H groups in total. The number of rotatable bonds is 3. The van der Waals surface area contributed by atoms with E-state index in [1.807, 2.05) is 0 Å². The predicted octanol–water partition coefficient (Wildman–Crippen LogP) is 5.21. The fourth-order valence-corrected chi connectivity index (χ4v) is 2.52. The minimum Gasteiger partial charge on any atom is -0.306 e. The van der Waals surface area contributed by atoms with E-state index in [1.165, 1.54) is 30.6 Å². The van der Waals surface area contributed by atoms with Gasteiger partial charge in [-0.15, -0.1) is 0 Å². The molecule has 0 spiro atoms. The summed E-state index contributed by atoms with van der Waals surface area (Å²) in [6.45, 7) is 0. The number of hydrogen-bond acceptors (Lipinski definition) is 3. The van der Waals surface area contributed by atoms with E-state index in [0.29, 0.717) is 5.56 Å². The van der Waals surface area contributed by atoms with Crippen molar-refractivity contribution in [2.24, 2.45) is 0 Å². The Bertz CT molecular complexity index is 991. The standard InChI is InChI=1S/C18H10ClF4N3O/c19-14-3-2-11(18(21,22)23)7-13(14)10-1-4-16(25-8-10)26-17(27)12-5-6-24-9-15(12)20/h1-9H,(H,25,26,27). The third kappa shape index (κ3) is 4.22. The normalized spacial score (nSPS) is 11.3. The Morgan fingerprint density at radius 1 is 1.07 bits per heavy atom. The molecule has 2 aromatic heterocycles. The molecule has 3 rings (SSSR count). The molecule has 0 fully saturated rings. The van der Waals surface area contributed by atoms with E-state index in [2.05, 4.69) is 15.3 Å². The van der Waals surface area contributed by atoms with E-state index in [0.717, 1.165) is 24.4 Å². The van der Waals surface area contributed by atoms with Crippen LogP contribution in [0.1, 0.15) is 15.9 Å². The molecule has 1 aromatic carbocycles. The molecule has 138 valence electrons. The molecule has 0 bridgehead atoms. The summed E-state index contributed by atoms with van der Waals surface area (Å²) in [5.41, 5.74) is -0.569. The van der Waals surface area contributed by atoms with Gasteiger partial charge in [0.05, 0.1) is 17.3 Å². The van der Waals surface area contributed by atoms with Crippen molar-refractivity contribution in [1.82, 2.24) is 9.97 Å². The van der Waals surface area contributed by atoms with Gasteiger partial charge in [0.15, 0.2) is 5.82 Å². The summed E-state index contributed by atoms with van der Waals surface area (Å²) in [4.78, 5) is 19.6. The number of amides is 1. The summed E-state index contributed by atoms with van der Waals surface area (Å²) in [6, 6.07) is 7.00. The molecule has 2 heterocycles. The topological polar surface area (TPSA) is 54.9 Å². The summed E-state index contributed by atoms with van der Waals surface area (Å²) >= 11 is 5.99. The number of benzene rings is 1. The zero-order valence-corrected chi connectivity index (χ0v) is 14.1. The van der Waals surface area contributed by atoms with Crippen LogP contribution in [0.25, 0.3) is 11.1 Å². The van der Waals surface area contributed by atoms with Crippen molar-refractivity contribution in [3.05, 3.63) is 77.0 Å². The van der Waals surface area contributed by atoms with Gasteiger partial charge < -0.3 is 5.32 Å². The monoisotopic (exact) mass is 395 g/mol. The van der Waals surface area contributed by atoms with Crippen LogP contribution in [0.4, 0.5) is 23.4 Å². The Kier molecular flexibility index (Phi) is 5.09. The maximum atomic E-state index is 13.6. The Morgan fingerprint density at radius 3 is 2.48 bits per heavy atom. The van der Waals surface area contributed by atoms with Gasteiger partial charge in [-0.3, -0.25) is 9.78 Å². The lowest BCUT2D eigenvalue weighted by atomic mass is 10.0. The molecule has 0 unspecified atom stereocenters. The highest BCUT2D eigenvalue weighted by atomic mass is 35.5. The van der Waals surface area contributed by atoms with Crippen LogP contribution in [0.3, 0.4) is 0 Å². The van der Waals surface area contributed by atoms with Crippen molar-refractivity contribution < 1.29 is 22.4 Å². The lowest BCUT2D eigenvalue weighted by molar-refractivity contribution is -0.137. The number of nitrogens with one attached hydrogen (secondary N) is 1. The maximum absolute atomic E-state index is 13.6. The number of carbonyl (C=O) groups excluding carboxylic acids is 1.